The summed E-state index contributed by atoms with van der Waals surface area (Å²) in [6, 6.07) is 27.5. The lowest BCUT2D eigenvalue weighted by atomic mass is 10.0. The van der Waals surface area contributed by atoms with Crippen molar-refractivity contribution in [1.82, 2.24) is 19.9 Å². The topological polar surface area (TPSA) is 51.6 Å². The Labute approximate surface area is 210 Å². The molecule has 0 bridgehead atoms. The molecule has 1 aliphatic heterocycles. The van der Waals surface area contributed by atoms with Gasteiger partial charge in [-0.15, -0.1) is 0 Å². The van der Waals surface area contributed by atoms with Crippen molar-refractivity contribution < 1.29 is 0 Å². The molecule has 5 heterocycles. The second kappa shape index (κ2) is 9.69. The van der Waals surface area contributed by atoms with Gasteiger partial charge in [-0.05, 0) is 99.7 Å². The van der Waals surface area contributed by atoms with Crippen molar-refractivity contribution in [1.29, 1.82) is 0 Å². The van der Waals surface area contributed by atoms with Crippen LogP contribution >= 0.6 is 6.89 Å². The Morgan fingerprint density at radius 2 is 1.08 bits per heavy atom. The minimum atomic E-state index is -2.37. The Morgan fingerprint density at radius 1 is 0.444 bits per heavy atom. The minimum Gasteiger partial charge on any atom is -0.265 e. The van der Waals surface area contributed by atoms with Crippen LogP contribution in [0.25, 0.3) is 10.9 Å². The Hall–Kier alpha value is -4.40. The third kappa shape index (κ3) is 3.82. The summed E-state index contributed by atoms with van der Waals surface area (Å²) in [5.41, 5.74) is 4.64. The fourth-order valence-corrected chi connectivity index (χ4v) is 9.42. The first-order chi connectivity index (χ1) is 17.9. The predicted octanol–water partition coefficient (Wildman–Crippen LogP) is 5.59. The van der Waals surface area contributed by atoms with Gasteiger partial charge < -0.3 is 0 Å². The first-order valence-corrected chi connectivity index (χ1v) is 13.5. The van der Waals surface area contributed by atoms with Crippen LogP contribution in [-0.2, 0) is 0 Å². The highest BCUT2D eigenvalue weighted by molar-refractivity contribution is 7.98. The molecule has 36 heavy (non-hydrogen) atoms. The maximum Gasteiger partial charge on any atom is 0.0351 e. The molecule has 6 rings (SSSR count). The number of aromatic nitrogens is 4. The van der Waals surface area contributed by atoms with Crippen LogP contribution in [0.3, 0.4) is 0 Å². The molecule has 172 valence electrons. The van der Waals surface area contributed by atoms with Crippen molar-refractivity contribution in [2.45, 2.75) is 0 Å². The van der Waals surface area contributed by atoms with E-state index in [2.05, 4.69) is 105 Å². The fraction of sp³-hybridized carbons (Fsp3) is 0. The van der Waals surface area contributed by atoms with Crippen LogP contribution in [0.15, 0.2) is 141 Å². The number of benzene rings is 1. The van der Waals surface area contributed by atoms with Crippen LogP contribution in [0, 0.1) is 0 Å². The van der Waals surface area contributed by atoms with Gasteiger partial charge in [0, 0.05) is 54.9 Å². The minimum absolute atomic E-state index is 1.15. The van der Waals surface area contributed by atoms with Gasteiger partial charge in [-0.25, -0.2) is 0 Å². The third-order valence-electron chi connectivity index (χ3n) is 6.45. The van der Waals surface area contributed by atoms with Crippen LogP contribution in [0.4, 0.5) is 0 Å². The largest absolute Gasteiger partial charge is 0.265 e. The van der Waals surface area contributed by atoms with Crippen LogP contribution in [0.1, 0.15) is 16.7 Å². The summed E-state index contributed by atoms with van der Waals surface area (Å²) in [5, 5.41) is 4.94. The van der Waals surface area contributed by atoms with Crippen molar-refractivity contribution in [3.63, 3.8) is 0 Å². The van der Waals surface area contributed by atoms with Gasteiger partial charge in [-0.1, -0.05) is 36.4 Å². The number of hydrogen-bond donors (Lipinski definition) is 0. The molecule has 1 atom stereocenters. The van der Waals surface area contributed by atoms with Gasteiger partial charge >= 0.3 is 0 Å². The first kappa shape index (κ1) is 22.1. The van der Waals surface area contributed by atoms with Gasteiger partial charge in [-0.2, -0.15) is 0 Å². The van der Waals surface area contributed by atoms with Crippen LogP contribution in [0.2, 0.25) is 0 Å². The number of pyridine rings is 4. The molecule has 0 N–H and O–H groups in total. The molecule has 4 nitrogen and oxygen atoms in total. The van der Waals surface area contributed by atoms with E-state index in [0.717, 1.165) is 11.1 Å². The molecule has 0 spiro atoms. The molecule has 1 aromatic carbocycles. The summed E-state index contributed by atoms with van der Waals surface area (Å²) in [4.78, 5) is 17.6. The molecule has 1 unspecified atom stereocenters. The molecule has 5 heteroatoms. The molecule has 0 radical (unpaired) electrons. The second-order valence-electron chi connectivity index (χ2n) is 8.44. The normalized spacial score (nSPS) is 17.3. The Balaban J connectivity index is 1.84. The summed E-state index contributed by atoms with van der Waals surface area (Å²) >= 11 is 0. The van der Waals surface area contributed by atoms with Crippen molar-refractivity contribution in [2.75, 3.05) is 0 Å². The maximum absolute atomic E-state index is 4.59. The van der Waals surface area contributed by atoms with Gasteiger partial charge in [0.15, 0.2) is 0 Å². The van der Waals surface area contributed by atoms with Crippen molar-refractivity contribution in [3.8, 4) is 0 Å². The molecule has 0 fully saturated rings. The van der Waals surface area contributed by atoms with Crippen molar-refractivity contribution >= 4 is 33.7 Å². The maximum atomic E-state index is 4.59. The molecule has 0 amide bonds. The SMILES string of the molecule is C1=C(c2ccccc2)C=C(c2ccncc2)P(c2ccncc2)(c2cccnc2)=C1c1ccncc1. The number of hydrogen-bond acceptors (Lipinski definition) is 4. The average Bonchev–Trinajstić information content (AvgIpc) is 2.98. The van der Waals surface area contributed by atoms with Gasteiger partial charge in [0.2, 0.25) is 0 Å². The zero-order chi connectivity index (χ0) is 24.2. The van der Waals surface area contributed by atoms with Gasteiger partial charge in [0.05, 0.1) is 0 Å². The highest BCUT2D eigenvalue weighted by Gasteiger charge is 2.35. The van der Waals surface area contributed by atoms with E-state index >= 15 is 0 Å². The van der Waals surface area contributed by atoms with E-state index in [1.165, 1.54) is 32.4 Å². The summed E-state index contributed by atoms with van der Waals surface area (Å²) < 4.78 is 0. The van der Waals surface area contributed by atoms with E-state index in [-0.39, 0.29) is 0 Å². The van der Waals surface area contributed by atoms with Crippen LogP contribution in [0.5, 0.6) is 0 Å². The van der Waals surface area contributed by atoms with Crippen LogP contribution < -0.4 is 10.6 Å². The van der Waals surface area contributed by atoms with E-state index in [1.807, 2.05) is 55.6 Å². The predicted molar refractivity (Wildman–Crippen MR) is 150 cm³/mol. The summed E-state index contributed by atoms with van der Waals surface area (Å²) in [7, 11) is 0. The molecule has 1 aliphatic rings. The van der Waals surface area contributed by atoms with Crippen LogP contribution in [-0.4, -0.2) is 25.2 Å². The number of nitrogens with zero attached hydrogens (tertiary/aromatic N) is 4. The molecule has 4 aromatic heterocycles. The lowest BCUT2D eigenvalue weighted by Crippen LogP contribution is -2.25. The van der Waals surface area contributed by atoms with E-state index in [1.54, 1.807) is 0 Å². The smallest absolute Gasteiger partial charge is 0.0351 e. The fourth-order valence-electron chi connectivity index (χ4n) is 4.88. The Morgan fingerprint density at radius 3 is 1.72 bits per heavy atom. The molecule has 0 saturated heterocycles. The Kier molecular flexibility index (Phi) is 5.95. The number of rotatable bonds is 5. The quantitative estimate of drug-likeness (QED) is 0.306. The lowest BCUT2D eigenvalue weighted by Gasteiger charge is -2.36. The molecular formula is C31H23N4P. The highest BCUT2D eigenvalue weighted by Crippen LogP contribution is 2.62. The summed E-state index contributed by atoms with van der Waals surface area (Å²) in [5.74, 6) is 0. The van der Waals surface area contributed by atoms with Gasteiger partial charge in [0.25, 0.3) is 0 Å². The van der Waals surface area contributed by atoms with E-state index in [0.29, 0.717) is 0 Å². The highest BCUT2D eigenvalue weighted by atomic mass is 31.2. The zero-order valence-corrected chi connectivity index (χ0v) is 20.4. The second-order valence-corrected chi connectivity index (χ2v) is 11.8. The van der Waals surface area contributed by atoms with E-state index < -0.39 is 6.89 Å². The van der Waals surface area contributed by atoms with Gasteiger partial charge in [0.1, 0.15) is 0 Å². The molecular weight excluding hydrogens is 459 g/mol. The monoisotopic (exact) mass is 482 g/mol. The third-order valence-corrected chi connectivity index (χ3v) is 10.8. The first-order valence-electron chi connectivity index (χ1n) is 11.8. The van der Waals surface area contributed by atoms with Crippen molar-refractivity contribution in [2.24, 2.45) is 0 Å². The summed E-state index contributed by atoms with van der Waals surface area (Å²) in [6.45, 7) is -2.37. The van der Waals surface area contributed by atoms with Crippen molar-refractivity contribution in [3.05, 3.63) is 157 Å². The van der Waals surface area contributed by atoms with E-state index in [4.69, 9.17) is 0 Å². The van der Waals surface area contributed by atoms with Gasteiger partial charge in [-0.3, -0.25) is 19.9 Å². The number of allylic oxidation sites excluding steroid dienone is 3. The standard InChI is InChI=1S/C31H23N4P/c1-2-5-24(6-3-1)27-21-30(25-8-15-32-16-9-25)36(28-12-19-34-20-13-28,29-7-4-14-35-23-29)31(22-27)26-10-17-33-18-11-26/h1-23H. The Bertz CT molecular complexity index is 1550. The lowest BCUT2D eigenvalue weighted by molar-refractivity contribution is 1.32. The van der Waals surface area contributed by atoms with E-state index in [9.17, 15) is 0 Å². The molecule has 0 aliphatic carbocycles. The molecule has 0 saturated carbocycles. The zero-order valence-electron chi connectivity index (χ0n) is 19.5. The molecule has 5 aromatic rings. The average molecular weight is 483 g/mol. The summed E-state index contributed by atoms with van der Waals surface area (Å²) in [6.07, 6.45) is 19.8.